The van der Waals surface area contributed by atoms with Gasteiger partial charge in [0.25, 0.3) is 0 Å². The molecule has 1 N–H and O–H groups in total. The van der Waals surface area contributed by atoms with Crippen molar-refractivity contribution in [1.82, 2.24) is 19.8 Å². The van der Waals surface area contributed by atoms with Crippen LogP contribution >= 0.6 is 0 Å². The van der Waals surface area contributed by atoms with Crippen LogP contribution in [0.3, 0.4) is 0 Å². The SMILES string of the molecule is CCCCNc1ccc2nncn2n1. The second-order valence-corrected chi connectivity index (χ2v) is 3.13. The molecule has 0 saturated carbocycles. The average Bonchev–Trinajstić information content (AvgIpc) is 2.65. The van der Waals surface area contributed by atoms with Gasteiger partial charge in [-0.15, -0.1) is 15.3 Å². The van der Waals surface area contributed by atoms with Crippen molar-refractivity contribution in [1.29, 1.82) is 0 Å². The summed E-state index contributed by atoms with van der Waals surface area (Å²) in [5.74, 6) is 0.866. The highest BCUT2D eigenvalue weighted by molar-refractivity contribution is 5.42. The van der Waals surface area contributed by atoms with Crippen molar-refractivity contribution in [2.75, 3.05) is 11.9 Å². The fourth-order valence-corrected chi connectivity index (χ4v) is 1.22. The molecule has 2 aromatic rings. The van der Waals surface area contributed by atoms with Crippen LogP contribution in [0.4, 0.5) is 5.82 Å². The molecule has 0 aliphatic rings. The van der Waals surface area contributed by atoms with E-state index in [1.165, 1.54) is 6.42 Å². The van der Waals surface area contributed by atoms with Crippen LogP contribution in [0.5, 0.6) is 0 Å². The topological polar surface area (TPSA) is 55.1 Å². The van der Waals surface area contributed by atoms with E-state index in [1.54, 1.807) is 10.8 Å². The molecule has 0 aliphatic heterocycles. The van der Waals surface area contributed by atoms with Gasteiger partial charge in [-0.2, -0.15) is 4.52 Å². The zero-order valence-electron chi connectivity index (χ0n) is 8.14. The minimum Gasteiger partial charge on any atom is -0.369 e. The quantitative estimate of drug-likeness (QED) is 0.741. The van der Waals surface area contributed by atoms with Gasteiger partial charge in [0.05, 0.1) is 0 Å². The number of rotatable bonds is 4. The Bertz CT molecular complexity index is 408. The number of unbranched alkanes of at least 4 members (excludes halogenated alkanes) is 1. The molecular weight excluding hydrogens is 178 g/mol. The third-order valence-corrected chi connectivity index (χ3v) is 2.00. The molecule has 0 spiro atoms. The molecule has 0 unspecified atom stereocenters. The Kier molecular flexibility index (Phi) is 2.58. The summed E-state index contributed by atoms with van der Waals surface area (Å²) in [5.41, 5.74) is 0.769. The largest absolute Gasteiger partial charge is 0.369 e. The molecule has 0 fully saturated rings. The number of nitrogens with one attached hydrogen (secondary N) is 1. The number of fused-ring (bicyclic) bond motifs is 1. The fourth-order valence-electron chi connectivity index (χ4n) is 1.22. The Morgan fingerprint density at radius 1 is 1.43 bits per heavy atom. The van der Waals surface area contributed by atoms with E-state index in [2.05, 4.69) is 27.5 Å². The van der Waals surface area contributed by atoms with Gasteiger partial charge in [0.15, 0.2) is 5.65 Å². The van der Waals surface area contributed by atoms with Crippen molar-refractivity contribution in [3.8, 4) is 0 Å². The molecule has 0 bridgehead atoms. The van der Waals surface area contributed by atoms with Crippen LogP contribution in [0, 0.1) is 0 Å². The number of nitrogens with zero attached hydrogens (tertiary/aromatic N) is 4. The summed E-state index contributed by atoms with van der Waals surface area (Å²) < 4.78 is 1.66. The molecule has 0 saturated heterocycles. The van der Waals surface area contributed by atoms with E-state index >= 15 is 0 Å². The van der Waals surface area contributed by atoms with Gasteiger partial charge in [0.1, 0.15) is 12.1 Å². The lowest BCUT2D eigenvalue weighted by Gasteiger charge is -2.03. The predicted octanol–water partition coefficient (Wildman–Crippen LogP) is 1.34. The first-order valence-electron chi connectivity index (χ1n) is 4.81. The van der Waals surface area contributed by atoms with E-state index in [0.717, 1.165) is 24.4 Å². The highest BCUT2D eigenvalue weighted by Gasteiger charge is 1.97. The maximum atomic E-state index is 4.29. The molecule has 14 heavy (non-hydrogen) atoms. The van der Waals surface area contributed by atoms with Crippen LogP contribution in [0.1, 0.15) is 19.8 Å². The van der Waals surface area contributed by atoms with Crippen molar-refractivity contribution in [2.45, 2.75) is 19.8 Å². The second kappa shape index (κ2) is 4.04. The van der Waals surface area contributed by atoms with E-state index in [9.17, 15) is 0 Å². The second-order valence-electron chi connectivity index (χ2n) is 3.13. The Labute approximate surface area is 82.2 Å². The first kappa shape index (κ1) is 8.93. The third kappa shape index (κ3) is 1.81. The Morgan fingerprint density at radius 3 is 3.21 bits per heavy atom. The Hall–Kier alpha value is -1.65. The predicted molar refractivity (Wildman–Crippen MR) is 54.2 cm³/mol. The summed E-state index contributed by atoms with van der Waals surface area (Å²) in [6.45, 7) is 3.12. The number of anilines is 1. The van der Waals surface area contributed by atoms with Crippen LogP contribution in [-0.2, 0) is 0 Å². The summed E-state index contributed by atoms with van der Waals surface area (Å²) >= 11 is 0. The van der Waals surface area contributed by atoms with Crippen molar-refractivity contribution in [3.63, 3.8) is 0 Å². The maximum absolute atomic E-state index is 4.29. The lowest BCUT2D eigenvalue weighted by molar-refractivity contribution is 0.822. The number of hydrogen-bond acceptors (Lipinski definition) is 4. The molecule has 5 nitrogen and oxygen atoms in total. The highest BCUT2D eigenvalue weighted by atomic mass is 15.4. The van der Waals surface area contributed by atoms with Gasteiger partial charge >= 0.3 is 0 Å². The molecule has 2 rings (SSSR count). The van der Waals surface area contributed by atoms with Gasteiger partial charge in [-0.25, -0.2) is 0 Å². The van der Waals surface area contributed by atoms with Gasteiger partial charge < -0.3 is 5.32 Å². The molecular formula is C9H13N5. The van der Waals surface area contributed by atoms with Crippen LogP contribution in [0.15, 0.2) is 18.5 Å². The molecule has 0 atom stereocenters. The van der Waals surface area contributed by atoms with Gasteiger partial charge in [-0.1, -0.05) is 13.3 Å². The lowest BCUT2D eigenvalue weighted by Crippen LogP contribution is -2.04. The van der Waals surface area contributed by atoms with Crippen molar-refractivity contribution < 1.29 is 0 Å². The summed E-state index contributed by atoms with van der Waals surface area (Å²) in [7, 11) is 0. The smallest absolute Gasteiger partial charge is 0.177 e. The standard InChI is InChI=1S/C9H13N5/c1-2-3-6-10-8-4-5-9-12-11-7-14(9)13-8/h4-5,7H,2-3,6H2,1H3,(H,10,13). The fraction of sp³-hybridized carbons (Fsp3) is 0.444. The molecule has 0 radical (unpaired) electrons. The summed E-state index contributed by atoms with van der Waals surface area (Å²) in [4.78, 5) is 0. The highest BCUT2D eigenvalue weighted by Crippen LogP contribution is 2.04. The average molecular weight is 191 g/mol. The van der Waals surface area contributed by atoms with Gasteiger partial charge in [-0.3, -0.25) is 0 Å². The normalized spacial score (nSPS) is 10.6. The van der Waals surface area contributed by atoms with Gasteiger partial charge in [0, 0.05) is 6.54 Å². The zero-order chi connectivity index (χ0) is 9.80. The van der Waals surface area contributed by atoms with Crippen LogP contribution in [-0.4, -0.2) is 26.4 Å². The Morgan fingerprint density at radius 2 is 2.36 bits per heavy atom. The number of hydrogen-bond donors (Lipinski definition) is 1. The maximum Gasteiger partial charge on any atom is 0.177 e. The van der Waals surface area contributed by atoms with E-state index in [-0.39, 0.29) is 0 Å². The van der Waals surface area contributed by atoms with E-state index in [4.69, 9.17) is 0 Å². The first-order chi connectivity index (χ1) is 6.90. The van der Waals surface area contributed by atoms with Crippen LogP contribution < -0.4 is 5.32 Å². The van der Waals surface area contributed by atoms with Crippen LogP contribution in [0.2, 0.25) is 0 Å². The molecule has 0 aliphatic carbocycles. The summed E-state index contributed by atoms with van der Waals surface area (Å²) in [6.07, 6.45) is 3.93. The minimum atomic E-state index is 0.769. The van der Waals surface area contributed by atoms with Crippen molar-refractivity contribution in [2.24, 2.45) is 0 Å². The third-order valence-electron chi connectivity index (χ3n) is 2.00. The molecule has 2 aromatic heterocycles. The van der Waals surface area contributed by atoms with E-state index in [0.29, 0.717) is 0 Å². The summed E-state index contributed by atoms with van der Waals surface area (Å²) in [5, 5.41) is 15.2. The first-order valence-corrected chi connectivity index (χ1v) is 4.81. The van der Waals surface area contributed by atoms with Crippen molar-refractivity contribution >= 4 is 11.5 Å². The molecule has 0 amide bonds. The zero-order valence-corrected chi connectivity index (χ0v) is 8.14. The molecule has 0 aromatic carbocycles. The molecule has 74 valence electrons. The van der Waals surface area contributed by atoms with E-state index in [1.807, 2.05) is 12.1 Å². The minimum absolute atomic E-state index is 0.769. The van der Waals surface area contributed by atoms with Gasteiger partial charge in [0.2, 0.25) is 0 Å². The number of aromatic nitrogens is 4. The van der Waals surface area contributed by atoms with Gasteiger partial charge in [-0.05, 0) is 18.6 Å². The van der Waals surface area contributed by atoms with E-state index < -0.39 is 0 Å². The van der Waals surface area contributed by atoms with Crippen LogP contribution in [0.25, 0.3) is 5.65 Å². The van der Waals surface area contributed by atoms with Crippen molar-refractivity contribution in [3.05, 3.63) is 18.5 Å². The summed E-state index contributed by atoms with van der Waals surface area (Å²) in [6, 6.07) is 3.81. The lowest BCUT2D eigenvalue weighted by atomic mass is 10.3. The molecule has 2 heterocycles. The monoisotopic (exact) mass is 191 g/mol. The molecule has 5 heteroatoms. The Balaban J connectivity index is 2.10.